The van der Waals surface area contributed by atoms with E-state index in [4.69, 9.17) is 14.7 Å². The molecule has 0 aliphatic carbocycles. The first-order chi connectivity index (χ1) is 6.72. The Morgan fingerprint density at radius 1 is 1.29 bits per heavy atom. The van der Waals surface area contributed by atoms with Gasteiger partial charge in [0.15, 0.2) is 11.5 Å². The molecular weight excluding hydrogens is 178 g/mol. The average molecular weight is 191 g/mol. The van der Waals surface area contributed by atoms with E-state index < -0.39 is 0 Å². The number of hydrogen-bond donors (Lipinski definition) is 0. The second kappa shape index (κ2) is 4.52. The summed E-state index contributed by atoms with van der Waals surface area (Å²) in [5.74, 6) is 1.33. The summed E-state index contributed by atoms with van der Waals surface area (Å²) in [6.07, 6.45) is 0.335. The third kappa shape index (κ3) is 1.97. The number of benzene rings is 1. The van der Waals surface area contributed by atoms with Crippen molar-refractivity contribution in [3.8, 4) is 17.6 Å². The summed E-state index contributed by atoms with van der Waals surface area (Å²) in [5.41, 5.74) is 1.93. The molecule has 3 heteroatoms. The van der Waals surface area contributed by atoms with E-state index in [0.717, 1.165) is 11.1 Å². The maximum atomic E-state index is 8.65. The van der Waals surface area contributed by atoms with E-state index in [1.165, 1.54) is 0 Å². The molecule has 0 amide bonds. The fraction of sp³-hybridized carbons (Fsp3) is 0.364. The van der Waals surface area contributed by atoms with Crippen LogP contribution in [0.3, 0.4) is 0 Å². The van der Waals surface area contributed by atoms with Gasteiger partial charge in [-0.15, -0.1) is 0 Å². The van der Waals surface area contributed by atoms with Gasteiger partial charge in [0.2, 0.25) is 0 Å². The van der Waals surface area contributed by atoms with E-state index >= 15 is 0 Å². The van der Waals surface area contributed by atoms with E-state index in [2.05, 4.69) is 6.07 Å². The van der Waals surface area contributed by atoms with Crippen LogP contribution in [0.2, 0.25) is 0 Å². The summed E-state index contributed by atoms with van der Waals surface area (Å²) in [5, 5.41) is 8.65. The molecule has 0 atom stereocenters. The van der Waals surface area contributed by atoms with Gasteiger partial charge in [-0.25, -0.2) is 0 Å². The van der Waals surface area contributed by atoms with Gasteiger partial charge in [-0.2, -0.15) is 5.26 Å². The molecule has 1 aromatic carbocycles. The van der Waals surface area contributed by atoms with E-state index in [1.807, 2.05) is 19.1 Å². The fourth-order valence-electron chi connectivity index (χ4n) is 1.41. The topological polar surface area (TPSA) is 42.2 Å². The largest absolute Gasteiger partial charge is 0.493 e. The van der Waals surface area contributed by atoms with Gasteiger partial charge in [0.25, 0.3) is 0 Å². The monoisotopic (exact) mass is 191 g/mol. The summed E-state index contributed by atoms with van der Waals surface area (Å²) in [6, 6.07) is 5.93. The van der Waals surface area contributed by atoms with Gasteiger partial charge < -0.3 is 9.47 Å². The Kier molecular flexibility index (Phi) is 3.35. The lowest BCUT2D eigenvalue weighted by molar-refractivity contribution is 0.352. The second-order valence-electron chi connectivity index (χ2n) is 2.99. The van der Waals surface area contributed by atoms with Gasteiger partial charge in [0.1, 0.15) is 0 Å². The Balaban J connectivity index is 3.25. The van der Waals surface area contributed by atoms with Crippen molar-refractivity contribution in [1.82, 2.24) is 0 Å². The number of hydrogen-bond acceptors (Lipinski definition) is 3. The first-order valence-corrected chi connectivity index (χ1v) is 4.31. The average Bonchev–Trinajstić information content (AvgIpc) is 2.17. The number of methoxy groups -OCH3 is 2. The van der Waals surface area contributed by atoms with E-state index in [-0.39, 0.29) is 0 Å². The number of ether oxygens (including phenoxy) is 2. The molecule has 0 fully saturated rings. The maximum Gasteiger partial charge on any atom is 0.164 e. The van der Waals surface area contributed by atoms with Crippen LogP contribution in [-0.4, -0.2) is 14.2 Å². The van der Waals surface area contributed by atoms with Gasteiger partial charge in [-0.1, -0.05) is 6.07 Å². The predicted molar refractivity (Wildman–Crippen MR) is 53.6 cm³/mol. The molecule has 0 bridgehead atoms. The van der Waals surface area contributed by atoms with Gasteiger partial charge in [0, 0.05) is 5.56 Å². The summed E-state index contributed by atoms with van der Waals surface area (Å²) in [7, 11) is 3.17. The molecule has 14 heavy (non-hydrogen) atoms. The summed E-state index contributed by atoms with van der Waals surface area (Å²) >= 11 is 0. The van der Waals surface area contributed by atoms with Crippen LogP contribution in [0, 0.1) is 18.3 Å². The first-order valence-electron chi connectivity index (χ1n) is 4.31. The zero-order chi connectivity index (χ0) is 10.6. The molecule has 1 aromatic rings. The first kappa shape index (κ1) is 10.4. The van der Waals surface area contributed by atoms with Gasteiger partial charge in [0.05, 0.1) is 26.7 Å². The van der Waals surface area contributed by atoms with Crippen molar-refractivity contribution in [2.75, 3.05) is 14.2 Å². The number of nitrogens with zero attached hydrogens (tertiary/aromatic N) is 1. The van der Waals surface area contributed by atoms with Gasteiger partial charge in [-0.3, -0.25) is 0 Å². The van der Waals surface area contributed by atoms with Crippen molar-refractivity contribution >= 4 is 0 Å². The highest BCUT2D eigenvalue weighted by atomic mass is 16.5. The summed E-state index contributed by atoms with van der Waals surface area (Å²) in [6.45, 7) is 1.96. The van der Waals surface area contributed by atoms with E-state index in [0.29, 0.717) is 17.9 Å². The standard InChI is InChI=1S/C11H13NO2/c1-8-6-9(4-5-12)11(14-3)10(7-8)13-2/h6-7H,4H2,1-3H3. The molecule has 0 heterocycles. The minimum absolute atomic E-state index is 0.335. The van der Waals surface area contributed by atoms with Gasteiger partial charge in [-0.05, 0) is 18.6 Å². The minimum atomic E-state index is 0.335. The molecule has 0 saturated heterocycles. The normalized spacial score (nSPS) is 9.29. The SMILES string of the molecule is COc1cc(C)cc(CC#N)c1OC. The molecule has 0 unspecified atom stereocenters. The van der Waals surface area contributed by atoms with Crippen LogP contribution in [0.4, 0.5) is 0 Å². The van der Waals surface area contributed by atoms with Crippen molar-refractivity contribution in [2.24, 2.45) is 0 Å². The van der Waals surface area contributed by atoms with E-state index in [9.17, 15) is 0 Å². The van der Waals surface area contributed by atoms with Crippen molar-refractivity contribution < 1.29 is 9.47 Å². The van der Waals surface area contributed by atoms with Crippen LogP contribution in [0.25, 0.3) is 0 Å². The molecule has 74 valence electrons. The minimum Gasteiger partial charge on any atom is -0.493 e. The van der Waals surface area contributed by atoms with Crippen LogP contribution in [0.5, 0.6) is 11.5 Å². The lowest BCUT2D eigenvalue weighted by atomic mass is 10.1. The smallest absolute Gasteiger partial charge is 0.164 e. The molecule has 1 rings (SSSR count). The fourth-order valence-corrected chi connectivity index (χ4v) is 1.41. The van der Waals surface area contributed by atoms with Crippen LogP contribution in [0.15, 0.2) is 12.1 Å². The third-order valence-electron chi connectivity index (χ3n) is 1.97. The number of aryl methyl sites for hydroxylation is 1. The maximum absolute atomic E-state index is 8.65. The quantitative estimate of drug-likeness (QED) is 0.734. The van der Waals surface area contributed by atoms with Crippen LogP contribution in [0.1, 0.15) is 11.1 Å². The predicted octanol–water partition coefficient (Wildman–Crippen LogP) is 2.08. The van der Waals surface area contributed by atoms with Crippen LogP contribution < -0.4 is 9.47 Å². The Morgan fingerprint density at radius 3 is 2.50 bits per heavy atom. The zero-order valence-corrected chi connectivity index (χ0v) is 8.63. The Bertz CT molecular complexity index is 366. The lowest BCUT2D eigenvalue weighted by Gasteiger charge is -2.11. The highest BCUT2D eigenvalue weighted by Gasteiger charge is 2.10. The van der Waals surface area contributed by atoms with Crippen LogP contribution in [-0.2, 0) is 6.42 Å². The van der Waals surface area contributed by atoms with E-state index in [1.54, 1.807) is 14.2 Å². The molecule has 3 nitrogen and oxygen atoms in total. The molecule has 0 aliphatic heterocycles. The second-order valence-corrected chi connectivity index (χ2v) is 2.99. The highest BCUT2D eigenvalue weighted by molar-refractivity contribution is 5.50. The summed E-state index contributed by atoms with van der Waals surface area (Å²) < 4.78 is 10.4. The number of rotatable bonds is 3. The third-order valence-corrected chi connectivity index (χ3v) is 1.97. The van der Waals surface area contributed by atoms with Crippen LogP contribution >= 0.6 is 0 Å². The molecule has 0 aromatic heterocycles. The lowest BCUT2D eigenvalue weighted by Crippen LogP contribution is -1.96. The van der Waals surface area contributed by atoms with Crippen molar-refractivity contribution in [1.29, 1.82) is 5.26 Å². The number of nitriles is 1. The van der Waals surface area contributed by atoms with Crippen molar-refractivity contribution in [3.63, 3.8) is 0 Å². The van der Waals surface area contributed by atoms with Gasteiger partial charge >= 0.3 is 0 Å². The molecule has 0 radical (unpaired) electrons. The molecule has 0 saturated carbocycles. The Hall–Kier alpha value is -1.69. The molecule has 0 aliphatic rings. The zero-order valence-electron chi connectivity index (χ0n) is 8.63. The molecule has 0 spiro atoms. The summed E-state index contributed by atoms with van der Waals surface area (Å²) in [4.78, 5) is 0. The Labute approximate surface area is 83.9 Å². The molecule has 0 N–H and O–H groups in total. The van der Waals surface area contributed by atoms with Crippen molar-refractivity contribution in [3.05, 3.63) is 23.3 Å². The highest BCUT2D eigenvalue weighted by Crippen LogP contribution is 2.32. The van der Waals surface area contributed by atoms with Crippen molar-refractivity contribution in [2.45, 2.75) is 13.3 Å². The molecular formula is C11H13NO2. The Morgan fingerprint density at radius 2 is 2.00 bits per heavy atom.